The Morgan fingerprint density at radius 2 is 1.72 bits per heavy atom. The van der Waals surface area contributed by atoms with Crippen molar-refractivity contribution in [2.45, 2.75) is 83.4 Å². The number of hydrogen-bond donors (Lipinski definition) is 2. The molecule has 3 amide bonds. The smallest absolute Gasteiger partial charge is 0.407 e. The van der Waals surface area contributed by atoms with Gasteiger partial charge in [0.25, 0.3) is 0 Å². The Labute approximate surface area is 274 Å². The molecule has 3 atom stereocenters. The molecule has 2 N–H and O–H groups in total. The molecule has 2 aromatic carbocycles. The lowest BCUT2D eigenvalue weighted by atomic mass is 9.78. The average molecular weight is 650 g/mol. The molecule has 1 saturated carbocycles. The number of halogens is 1. The standard InChI is InChI=1S/C36H44FN3O7/c1-5-45-34(43)30-20-25-19-26(15-16-29(25)46-30)38-32(41)31-27(22-9-7-6-8-10-22)17-18-40(31)33(42)24-13-11-23(12-14-24)28(21-37)39-35(44)47-36(2,3)4/h6-10,15-16,19-20,23-24,27-28,31H,5,11-14,17-18,21H2,1-4H3,(H,38,41)(H,39,44)/t23?,24?,27-,28?,31+/m1/s1. The second kappa shape index (κ2) is 14.6. The van der Waals surface area contributed by atoms with Crippen molar-refractivity contribution >= 4 is 40.5 Å². The molecule has 10 nitrogen and oxygen atoms in total. The Balaban J connectivity index is 1.29. The topological polar surface area (TPSA) is 127 Å². The van der Waals surface area contributed by atoms with Gasteiger partial charge in [-0.05, 0) is 95.5 Å². The predicted octanol–water partition coefficient (Wildman–Crippen LogP) is 6.60. The van der Waals surface area contributed by atoms with Crippen LogP contribution in [0.15, 0.2) is 59.0 Å². The first kappa shape index (κ1) is 33.9. The summed E-state index contributed by atoms with van der Waals surface area (Å²) in [5.74, 6) is -1.48. The highest BCUT2D eigenvalue weighted by Crippen LogP contribution is 2.39. The first-order chi connectivity index (χ1) is 22.5. The molecule has 2 fully saturated rings. The highest BCUT2D eigenvalue weighted by molar-refractivity contribution is 6.00. The molecule has 0 bridgehead atoms. The fourth-order valence-electron chi connectivity index (χ4n) is 6.80. The van der Waals surface area contributed by atoms with E-state index >= 15 is 0 Å². The SMILES string of the molecule is CCOC(=O)c1cc2cc(NC(=O)[C@@H]3[C@@H](c4ccccc4)CCN3C(=O)C3CCC(C(CF)NC(=O)OC(C)(C)C)CC3)ccc2o1. The number of amides is 3. The van der Waals surface area contributed by atoms with E-state index in [0.29, 0.717) is 55.3 Å². The molecule has 11 heteroatoms. The maximum atomic E-state index is 14.0. The molecule has 252 valence electrons. The van der Waals surface area contributed by atoms with E-state index in [1.807, 2.05) is 30.3 Å². The minimum Gasteiger partial charge on any atom is -0.460 e. The van der Waals surface area contributed by atoms with Crippen molar-refractivity contribution in [3.8, 4) is 0 Å². The second-order valence-corrected chi connectivity index (χ2v) is 13.4. The Morgan fingerprint density at radius 1 is 1.00 bits per heavy atom. The minimum absolute atomic E-state index is 0.0789. The highest BCUT2D eigenvalue weighted by Gasteiger charge is 2.45. The van der Waals surface area contributed by atoms with Crippen molar-refractivity contribution in [3.05, 3.63) is 65.9 Å². The summed E-state index contributed by atoms with van der Waals surface area (Å²) in [4.78, 5) is 54.2. The van der Waals surface area contributed by atoms with Gasteiger partial charge in [-0.3, -0.25) is 9.59 Å². The molecule has 1 aliphatic carbocycles. The summed E-state index contributed by atoms with van der Waals surface area (Å²) in [6.07, 6.45) is 2.21. The number of carbonyl (C=O) groups excluding carboxylic acids is 4. The van der Waals surface area contributed by atoms with Gasteiger partial charge in [-0.25, -0.2) is 14.0 Å². The van der Waals surface area contributed by atoms with Crippen molar-refractivity contribution in [1.82, 2.24) is 10.2 Å². The van der Waals surface area contributed by atoms with E-state index in [-0.39, 0.29) is 41.9 Å². The van der Waals surface area contributed by atoms with Crippen LogP contribution in [0, 0.1) is 11.8 Å². The summed E-state index contributed by atoms with van der Waals surface area (Å²) < 4.78 is 30.0. The Hall–Kier alpha value is -4.41. The summed E-state index contributed by atoms with van der Waals surface area (Å²) in [5, 5.41) is 6.31. The number of alkyl carbamates (subject to hydrolysis) is 1. The van der Waals surface area contributed by atoms with Gasteiger partial charge in [-0.2, -0.15) is 0 Å². The zero-order valence-electron chi connectivity index (χ0n) is 27.4. The lowest BCUT2D eigenvalue weighted by Gasteiger charge is -2.36. The van der Waals surface area contributed by atoms with Crippen LogP contribution in [-0.4, -0.2) is 66.3 Å². The number of likely N-dealkylation sites (tertiary alicyclic amines) is 1. The van der Waals surface area contributed by atoms with Crippen molar-refractivity contribution in [1.29, 1.82) is 0 Å². The first-order valence-electron chi connectivity index (χ1n) is 16.4. The van der Waals surface area contributed by atoms with Crippen LogP contribution in [0.2, 0.25) is 0 Å². The number of nitrogens with zero attached hydrogens (tertiary/aromatic N) is 1. The van der Waals surface area contributed by atoms with Crippen LogP contribution < -0.4 is 10.6 Å². The van der Waals surface area contributed by atoms with Crippen molar-refractivity contribution in [2.75, 3.05) is 25.1 Å². The number of nitrogens with one attached hydrogen (secondary N) is 2. The number of benzene rings is 2. The molecule has 1 saturated heterocycles. The summed E-state index contributed by atoms with van der Waals surface area (Å²) >= 11 is 0. The number of carbonyl (C=O) groups is 4. The van der Waals surface area contributed by atoms with Crippen molar-refractivity contribution in [2.24, 2.45) is 11.8 Å². The van der Waals surface area contributed by atoms with E-state index in [9.17, 15) is 23.6 Å². The number of anilines is 1. The fourth-order valence-corrected chi connectivity index (χ4v) is 6.80. The fraction of sp³-hybridized carbons (Fsp3) is 0.500. The van der Waals surface area contributed by atoms with Gasteiger partial charge in [0, 0.05) is 29.5 Å². The van der Waals surface area contributed by atoms with E-state index in [1.165, 1.54) is 0 Å². The van der Waals surface area contributed by atoms with Gasteiger partial charge in [0.15, 0.2) is 0 Å². The molecule has 3 aromatic rings. The quantitative estimate of drug-likeness (QED) is 0.250. The van der Waals surface area contributed by atoms with Gasteiger partial charge in [-0.15, -0.1) is 0 Å². The van der Waals surface area contributed by atoms with E-state index < -0.39 is 36.4 Å². The van der Waals surface area contributed by atoms with E-state index in [0.717, 1.165) is 5.56 Å². The molecule has 1 aliphatic heterocycles. The van der Waals surface area contributed by atoms with E-state index in [2.05, 4.69) is 10.6 Å². The number of ether oxygens (including phenoxy) is 2. The van der Waals surface area contributed by atoms with E-state index in [4.69, 9.17) is 13.9 Å². The molecule has 1 aromatic heterocycles. The molecule has 47 heavy (non-hydrogen) atoms. The van der Waals surface area contributed by atoms with Gasteiger partial charge < -0.3 is 29.4 Å². The van der Waals surface area contributed by atoms with Gasteiger partial charge >= 0.3 is 12.1 Å². The van der Waals surface area contributed by atoms with E-state index in [1.54, 1.807) is 56.9 Å². The molecular formula is C36H44FN3O7. The summed E-state index contributed by atoms with van der Waals surface area (Å²) in [7, 11) is 0. The molecule has 0 radical (unpaired) electrons. The Morgan fingerprint density at radius 3 is 2.38 bits per heavy atom. The summed E-state index contributed by atoms with van der Waals surface area (Å²) in [6.45, 7) is 6.92. The zero-order chi connectivity index (χ0) is 33.7. The lowest BCUT2D eigenvalue weighted by Crippen LogP contribution is -2.49. The Kier molecular flexibility index (Phi) is 10.5. The third kappa shape index (κ3) is 8.12. The van der Waals surface area contributed by atoms with Crippen LogP contribution in [-0.2, 0) is 19.1 Å². The van der Waals surface area contributed by atoms with Gasteiger partial charge in [-0.1, -0.05) is 30.3 Å². The monoisotopic (exact) mass is 649 g/mol. The number of fused-ring (bicyclic) bond motifs is 1. The minimum atomic E-state index is -0.731. The number of esters is 1. The largest absolute Gasteiger partial charge is 0.460 e. The maximum absolute atomic E-state index is 14.0. The second-order valence-electron chi connectivity index (χ2n) is 13.4. The molecule has 1 unspecified atom stereocenters. The van der Waals surface area contributed by atoms with Gasteiger partial charge in [0.05, 0.1) is 12.6 Å². The number of rotatable bonds is 9. The Bertz CT molecular complexity index is 1580. The van der Waals surface area contributed by atoms with Gasteiger partial charge in [0.2, 0.25) is 17.6 Å². The molecule has 0 spiro atoms. The number of furan rings is 1. The van der Waals surface area contributed by atoms with Crippen LogP contribution in [0.1, 0.15) is 81.8 Å². The molecule has 5 rings (SSSR count). The summed E-state index contributed by atoms with van der Waals surface area (Å²) in [6, 6.07) is 15.0. The lowest BCUT2D eigenvalue weighted by molar-refractivity contribution is -0.141. The van der Waals surface area contributed by atoms with Crippen LogP contribution >= 0.6 is 0 Å². The number of alkyl halides is 1. The van der Waals surface area contributed by atoms with Crippen LogP contribution in [0.25, 0.3) is 11.0 Å². The van der Waals surface area contributed by atoms with Crippen LogP contribution in [0.5, 0.6) is 0 Å². The maximum Gasteiger partial charge on any atom is 0.407 e. The van der Waals surface area contributed by atoms with Crippen molar-refractivity contribution in [3.63, 3.8) is 0 Å². The molecule has 2 heterocycles. The van der Waals surface area contributed by atoms with Crippen LogP contribution in [0.4, 0.5) is 14.9 Å². The van der Waals surface area contributed by atoms with Crippen molar-refractivity contribution < 1.29 is 37.5 Å². The highest BCUT2D eigenvalue weighted by atomic mass is 19.1. The predicted molar refractivity (Wildman–Crippen MR) is 175 cm³/mol. The normalized spacial score (nSPS) is 22.0. The van der Waals surface area contributed by atoms with Gasteiger partial charge in [0.1, 0.15) is 23.9 Å². The first-order valence-corrected chi connectivity index (χ1v) is 16.4. The third-order valence-electron chi connectivity index (χ3n) is 9.00. The molecular weight excluding hydrogens is 605 g/mol. The van der Waals surface area contributed by atoms with Crippen LogP contribution in [0.3, 0.4) is 0 Å². The summed E-state index contributed by atoms with van der Waals surface area (Å²) in [5.41, 5.74) is 1.29. The average Bonchev–Trinajstić information content (AvgIpc) is 3.68. The molecule has 2 aliphatic rings. The zero-order valence-corrected chi connectivity index (χ0v) is 27.4. The third-order valence-corrected chi connectivity index (χ3v) is 9.00. The number of hydrogen-bond acceptors (Lipinski definition) is 7.